The normalized spacial score (nSPS) is 20.1. The summed E-state index contributed by atoms with van der Waals surface area (Å²) in [6.45, 7) is 0.342. The third-order valence-corrected chi connectivity index (χ3v) is 6.61. The second-order valence-corrected chi connectivity index (χ2v) is 9.55. The molecule has 2 aliphatic rings. The maximum absolute atomic E-state index is 13.0. The number of carbonyl (C=O) groups excluding carboxylic acids is 2. The van der Waals surface area contributed by atoms with E-state index < -0.39 is 6.04 Å². The van der Waals surface area contributed by atoms with E-state index in [0.717, 1.165) is 20.5 Å². The van der Waals surface area contributed by atoms with Crippen molar-refractivity contribution >= 4 is 56.8 Å². The number of amides is 3. The fourth-order valence-corrected chi connectivity index (χ4v) is 4.95. The number of ether oxygens (including phenoxy) is 1. The van der Waals surface area contributed by atoms with Gasteiger partial charge in [-0.1, -0.05) is 63.4 Å². The van der Waals surface area contributed by atoms with Gasteiger partial charge in [-0.15, -0.1) is 0 Å². The van der Waals surface area contributed by atoms with Crippen molar-refractivity contribution in [3.63, 3.8) is 0 Å². The molecule has 0 saturated carbocycles. The van der Waals surface area contributed by atoms with Crippen LogP contribution in [0.2, 0.25) is 10.0 Å². The maximum Gasteiger partial charge on any atom is 0.332 e. The van der Waals surface area contributed by atoms with E-state index in [2.05, 4.69) is 15.9 Å². The molecule has 0 radical (unpaired) electrons. The van der Waals surface area contributed by atoms with Gasteiger partial charge in [-0.25, -0.2) is 9.69 Å². The average molecular weight is 532 g/mol. The Morgan fingerprint density at radius 1 is 0.875 bits per heavy atom. The Balaban J connectivity index is 1.27. The van der Waals surface area contributed by atoms with Crippen LogP contribution in [0.25, 0.3) is 11.1 Å². The number of hydrogen-bond acceptors (Lipinski definition) is 3. The molecule has 5 nitrogen and oxygen atoms in total. The van der Waals surface area contributed by atoms with Gasteiger partial charge in [0.05, 0.1) is 12.2 Å². The predicted octanol–water partition coefficient (Wildman–Crippen LogP) is 6.41. The first kappa shape index (κ1) is 21.3. The molecular formula is C24H17BrCl2N2O3. The number of urea groups is 1. The van der Waals surface area contributed by atoms with E-state index in [1.807, 2.05) is 48.5 Å². The van der Waals surface area contributed by atoms with Crippen molar-refractivity contribution in [2.75, 3.05) is 11.4 Å². The first-order valence-corrected chi connectivity index (χ1v) is 11.6. The molecule has 8 heteroatoms. The van der Waals surface area contributed by atoms with Crippen molar-refractivity contribution in [1.29, 1.82) is 0 Å². The standard InChI is InChI=1S/C24H17BrCl2N2O3/c25-16-5-1-14(2-6-16)15-3-7-20(8-4-15)32-21-12-22-23(30)29(24(31)28(22)13-21)19-10-17(26)9-18(27)11-19/h1-11,21-22H,12-13H2/t21-,22-/m0/s1. The molecule has 3 aromatic carbocycles. The molecule has 5 rings (SSSR count). The zero-order valence-electron chi connectivity index (χ0n) is 16.7. The highest BCUT2D eigenvalue weighted by molar-refractivity contribution is 9.10. The van der Waals surface area contributed by atoms with Crippen molar-refractivity contribution in [1.82, 2.24) is 4.90 Å². The molecule has 162 valence electrons. The third-order valence-electron chi connectivity index (χ3n) is 5.65. The van der Waals surface area contributed by atoms with Gasteiger partial charge in [-0.3, -0.25) is 4.79 Å². The van der Waals surface area contributed by atoms with Gasteiger partial charge in [0, 0.05) is 20.9 Å². The third kappa shape index (κ3) is 3.98. The lowest BCUT2D eigenvalue weighted by Crippen LogP contribution is -2.36. The van der Waals surface area contributed by atoms with Gasteiger partial charge in [-0.05, 0) is 53.6 Å². The Morgan fingerprint density at radius 3 is 2.06 bits per heavy atom. The van der Waals surface area contributed by atoms with Crippen LogP contribution in [-0.2, 0) is 4.79 Å². The highest BCUT2D eigenvalue weighted by atomic mass is 79.9. The van der Waals surface area contributed by atoms with E-state index in [0.29, 0.717) is 34.4 Å². The molecule has 0 aromatic heterocycles. The first-order valence-electron chi connectivity index (χ1n) is 10.0. The van der Waals surface area contributed by atoms with Crippen LogP contribution in [0, 0.1) is 0 Å². The molecule has 2 heterocycles. The number of rotatable bonds is 4. The minimum absolute atomic E-state index is 0.253. The Kier molecular flexibility index (Phi) is 5.61. The Morgan fingerprint density at radius 2 is 1.47 bits per heavy atom. The minimum atomic E-state index is -0.549. The molecule has 0 N–H and O–H groups in total. The molecule has 2 fully saturated rings. The minimum Gasteiger partial charge on any atom is -0.488 e. The van der Waals surface area contributed by atoms with Gasteiger partial charge in [-0.2, -0.15) is 0 Å². The first-order chi connectivity index (χ1) is 15.4. The molecule has 32 heavy (non-hydrogen) atoms. The lowest BCUT2D eigenvalue weighted by molar-refractivity contribution is -0.119. The molecule has 2 saturated heterocycles. The summed E-state index contributed by atoms with van der Waals surface area (Å²) in [7, 11) is 0. The van der Waals surface area contributed by atoms with Gasteiger partial charge >= 0.3 is 6.03 Å². The van der Waals surface area contributed by atoms with Crippen LogP contribution < -0.4 is 9.64 Å². The largest absolute Gasteiger partial charge is 0.488 e. The summed E-state index contributed by atoms with van der Waals surface area (Å²) in [4.78, 5) is 28.6. The summed E-state index contributed by atoms with van der Waals surface area (Å²) in [5.41, 5.74) is 2.57. The van der Waals surface area contributed by atoms with Crippen molar-refractivity contribution in [2.45, 2.75) is 18.6 Å². The topological polar surface area (TPSA) is 49.9 Å². The van der Waals surface area contributed by atoms with Crippen molar-refractivity contribution in [3.05, 3.63) is 81.2 Å². The highest BCUT2D eigenvalue weighted by Crippen LogP contribution is 2.35. The lowest BCUT2D eigenvalue weighted by atomic mass is 10.1. The molecule has 2 aliphatic heterocycles. The van der Waals surface area contributed by atoms with E-state index in [9.17, 15) is 9.59 Å². The monoisotopic (exact) mass is 530 g/mol. The van der Waals surface area contributed by atoms with Crippen molar-refractivity contribution in [3.8, 4) is 16.9 Å². The lowest BCUT2D eigenvalue weighted by Gasteiger charge is -2.19. The van der Waals surface area contributed by atoms with Crippen LogP contribution in [0.15, 0.2) is 71.2 Å². The number of fused-ring (bicyclic) bond motifs is 1. The molecule has 0 unspecified atom stereocenters. The number of hydrogen-bond donors (Lipinski definition) is 0. The molecule has 2 atom stereocenters. The summed E-state index contributed by atoms with van der Waals surface area (Å²) in [5.74, 6) is 0.417. The van der Waals surface area contributed by atoms with Gasteiger partial charge in [0.2, 0.25) is 0 Å². The molecule has 0 bridgehead atoms. The van der Waals surface area contributed by atoms with E-state index in [-0.39, 0.29) is 18.0 Å². The zero-order chi connectivity index (χ0) is 22.4. The van der Waals surface area contributed by atoms with Crippen LogP contribution in [0.3, 0.4) is 0 Å². The van der Waals surface area contributed by atoms with Crippen LogP contribution in [0.5, 0.6) is 5.75 Å². The van der Waals surface area contributed by atoms with E-state index in [1.54, 1.807) is 23.1 Å². The smallest absolute Gasteiger partial charge is 0.332 e. The fourth-order valence-electron chi connectivity index (χ4n) is 4.17. The summed E-state index contributed by atoms with van der Waals surface area (Å²) >= 11 is 15.5. The van der Waals surface area contributed by atoms with Crippen molar-refractivity contribution < 1.29 is 14.3 Å². The van der Waals surface area contributed by atoms with Crippen LogP contribution >= 0.6 is 39.1 Å². The van der Waals surface area contributed by atoms with Crippen LogP contribution in [-0.4, -0.2) is 35.5 Å². The average Bonchev–Trinajstić information content (AvgIpc) is 3.27. The number of anilines is 1. The number of benzene rings is 3. The maximum atomic E-state index is 13.0. The Hall–Kier alpha value is -2.54. The zero-order valence-corrected chi connectivity index (χ0v) is 19.8. The SMILES string of the molecule is O=C1[C@@H]2C[C@H](Oc3ccc(-c4ccc(Br)cc4)cc3)CN2C(=O)N1c1cc(Cl)cc(Cl)c1. The Labute approximate surface area is 203 Å². The number of nitrogens with zero attached hydrogens (tertiary/aromatic N) is 2. The number of carbonyl (C=O) groups is 2. The number of imide groups is 1. The van der Waals surface area contributed by atoms with E-state index in [1.165, 1.54) is 0 Å². The summed E-state index contributed by atoms with van der Waals surface area (Å²) < 4.78 is 7.11. The highest BCUT2D eigenvalue weighted by Gasteiger charge is 2.51. The summed E-state index contributed by atoms with van der Waals surface area (Å²) in [5, 5.41) is 0.737. The molecule has 0 spiro atoms. The fraction of sp³-hybridized carbons (Fsp3) is 0.167. The quantitative estimate of drug-likeness (QED) is 0.365. The van der Waals surface area contributed by atoms with E-state index in [4.69, 9.17) is 27.9 Å². The Bertz CT molecular complexity index is 1160. The molecular weight excluding hydrogens is 515 g/mol. The van der Waals surface area contributed by atoms with Gasteiger partial charge in [0.1, 0.15) is 17.9 Å². The summed E-state index contributed by atoms with van der Waals surface area (Å²) in [6.07, 6.45) is 0.181. The molecule has 3 amide bonds. The molecule has 3 aromatic rings. The van der Waals surface area contributed by atoms with Crippen LogP contribution in [0.4, 0.5) is 10.5 Å². The summed E-state index contributed by atoms with van der Waals surface area (Å²) in [6, 6.07) is 19.6. The van der Waals surface area contributed by atoms with Gasteiger partial charge in [0.15, 0.2) is 0 Å². The predicted molar refractivity (Wildman–Crippen MR) is 128 cm³/mol. The van der Waals surface area contributed by atoms with Crippen molar-refractivity contribution in [2.24, 2.45) is 0 Å². The number of halogens is 3. The van der Waals surface area contributed by atoms with Crippen LogP contribution in [0.1, 0.15) is 6.42 Å². The van der Waals surface area contributed by atoms with Gasteiger partial charge in [0.25, 0.3) is 5.91 Å². The second kappa shape index (κ2) is 8.43. The van der Waals surface area contributed by atoms with Gasteiger partial charge < -0.3 is 9.64 Å². The van der Waals surface area contributed by atoms with E-state index >= 15 is 0 Å². The second-order valence-electron chi connectivity index (χ2n) is 7.76. The molecule has 0 aliphatic carbocycles.